The molecule has 1 aromatic heterocycles. The summed E-state index contributed by atoms with van der Waals surface area (Å²) in [6.07, 6.45) is 7.32. The number of benzene rings is 3. The molecular weight excluding hydrogens is 512 g/mol. The normalized spacial score (nSPS) is 13.9. The second-order valence-electron chi connectivity index (χ2n) is 11.5. The number of nitrogens with zero attached hydrogens (tertiary/aromatic N) is 1. The first-order chi connectivity index (χ1) is 19.2. The van der Waals surface area contributed by atoms with E-state index in [1.807, 2.05) is 62.0 Å². The molecule has 3 aromatic carbocycles. The van der Waals surface area contributed by atoms with E-state index in [1.54, 1.807) is 0 Å². The van der Waals surface area contributed by atoms with Crippen LogP contribution in [0.25, 0.3) is 22.0 Å². The van der Waals surface area contributed by atoms with Crippen molar-refractivity contribution < 1.29 is 9.59 Å². The van der Waals surface area contributed by atoms with Crippen LogP contribution in [-0.2, 0) is 12.5 Å². The van der Waals surface area contributed by atoms with Crippen LogP contribution in [-0.4, -0.2) is 16.3 Å². The van der Waals surface area contributed by atoms with E-state index in [2.05, 4.69) is 61.9 Å². The fourth-order valence-corrected chi connectivity index (χ4v) is 5.96. The Labute approximate surface area is 243 Å². The number of aryl methyl sites for hydroxylation is 1. The minimum absolute atomic E-state index is 0.0989. The Balaban J connectivity index is 0.00000181. The first-order valence-electron chi connectivity index (χ1n) is 14.5. The Bertz CT molecular complexity index is 1450. The van der Waals surface area contributed by atoms with Crippen LogP contribution in [0.2, 0.25) is 0 Å². The molecule has 0 spiro atoms. The third-order valence-corrected chi connectivity index (χ3v) is 8.49. The average Bonchev–Trinajstić information content (AvgIpc) is 3.32. The Morgan fingerprint density at radius 2 is 1.45 bits per heavy atom. The number of carbonyl (C=O) groups is 2. The van der Waals surface area contributed by atoms with Crippen LogP contribution in [0.1, 0.15) is 93.0 Å². The van der Waals surface area contributed by atoms with Gasteiger partial charge in [0.05, 0.1) is 0 Å². The molecule has 1 N–H and O–H groups in total. The van der Waals surface area contributed by atoms with Gasteiger partial charge in [-0.3, -0.25) is 14.3 Å². The minimum atomic E-state index is -0.168. The second-order valence-corrected chi connectivity index (χ2v) is 12.3. The van der Waals surface area contributed by atoms with Crippen molar-refractivity contribution in [3.05, 3.63) is 89.6 Å². The highest BCUT2D eigenvalue weighted by molar-refractivity contribution is 7.98. The highest BCUT2D eigenvalue weighted by Crippen LogP contribution is 2.31. The lowest BCUT2D eigenvalue weighted by Gasteiger charge is -2.19. The van der Waals surface area contributed by atoms with Gasteiger partial charge in [-0.25, -0.2) is 0 Å². The smallest absolute Gasteiger partial charge is 0.261 e. The van der Waals surface area contributed by atoms with Crippen molar-refractivity contribution >= 4 is 34.5 Å². The molecule has 0 bridgehead atoms. The topological polar surface area (TPSA) is 51.1 Å². The van der Waals surface area contributed by atoms with Gasteiger partial charge in [-0.2, -0.15) is 0 Å². The molecular formula is C35H42N2O2S. The Morgan fingerprint density at radius 3 is 2.05 bits per heavy atom. The van der Waals surface area contributed by atoms with Crippen LogP contribution < -0.4 is 4.72 Å². The van der Waals surface area contributed by atoms with Crippen LogP contribution in [0.4, 0.5) is 0 Å². The summed E-state index contributed by atoms with van der Waals surface area (Å²) in [5.41, 5.74) is 6.04. The van der Waals surface area contributed by atoms with E-state index >= 15 is 0 Å². The van der Waals surface area contributed by atoms with Crippen LogP contribution in [0.15, 0.2) is 77.8 Å². The van der Waals surface area contributed by atoms with E-state index in [4.69, 9.17) is 0 Å². The number of Topliss-reactive ketones (excluding diaryl/α,β-unsaturated/α-hetero) is 1. The van der Waals surface area contributed by atoms with Gasteiger partial charge in [0.2, 0.25) is 0 Å². The number of rotatable bonds is 6. The molecule has 1 heterocycles. The summed E-state index contributed by atoms with van der Waals surface area (Å²) in [5, 5.41) is 0.863. The van der Waals surface area contributed by atoms with E-state index in [9.17, 15) is 9.59 Å². The first kappa shape index (κ1) is 29.7. The first-order valence-corrected chi connectivity index (χ1v) is 15.3. The highest BCUT2D eigenvalue weighted by Gasteiger charge is 2.25. The predicted octanol–water partition coefficient (Wildman–Crippen LogP) is 9.37. The third kappa shape index (κ3) is 6.69. The number of fused-ring (bicyclic) bond motifs is 1. The van der Waals surface area contributed by atoms with Crippen LogP contribution in [0.3, 0.4) is 0 Å². The van der Waals surface area contributed by atoms with Crippen molar-refractivity contribution in [2.75, 3.05) is 0 Å². The van der Waals surface area contributed by atoms with E-state index in [-0.39, 0.29) is 23.0 Å². The fraction of sp³-hybridized carbons (Fsp3) is 0.371. The van der Waals surface area contributed by atoms with Crippen molar-refractivity contribution in [3.8, 4) is 11.1 Å². The van der Waals surface area contributed by atoms with Gasteiger partial charge in [-0.1, -0.05) is 90.3 Å². The number of ketones is 1. The number of aromatic nitrogens is 1. The largest absolute Gasteiger partial charge is 0.350 e. The molecule has 4 nitrogen and oxygen atoms in total. The molecule has 0 aliphatic heterocycles. The molecule has 0 unspecified atom stereocenters. The predicted molar refractivity (Wildman–Crippen MR) is 169 cm³/mol. The van der Waals surface area contributed by atoms with Gasteiger partial charge in [0.25, 0.3) is 5.91 Å². The van der Waals surface area contributed by atoms with Crippen molar-refractivity contribution in [2.45, 2.75) is 77.0 Å². The molecule has 5 heteroatoms. The number of amides is 1. The van der Waals surface area contributed by atoms with Gasteiger partial charge in [-0.15, -0.1) is 0 Å². The maximum absolute atomic E-state index is 13.3. The average molecular weight is 555 g/mol. The van der Waals surface area contributed by atoms with E-state index in [0.717, 1.165) is 52.6 Å². The van der Waals surface area contributed by atoms with Crippen LogP contribution in [0, 0.1) is 5.92 Å². The number of nitrogens with one attached hydrogen (secondary N) is 1. The summed E-state index contributed by atoms with van der Waals surface area (Å²) in [4.78, 5) is 27.3. The standard InChI is InChI=1S/C33H36N2O2S.C2H6/c1-33(2,3)26-15-10-22(11-16-26)23-12-17-27(18-13-23)38-34-32(37)25-14-19-30-28(20-25)29(21-35(30)4)31(36)24-8-6-5-7-9-24;1-2/h10-21,24H,5-9H2,1-4H3,(H,34,37);1-2H3. The van der Waals surface area contributed by atoms with Gasteiger partial charge in [0.15, 0.2) is 5.78 Å². The maximum Gasteiger partial charge on any atom is 0.261 e. The third-order valence-electron chi connectivity index (χ3n) is 7.69. The summed E-state index contributed by atoms with van der Waals surface area (Å²) in [6, 6.07) is 22.6. The molecule has 4 aromatic rings. The lowest BCUT2D eigenvalue weighted by atomic mass is 9.84. The van der Waals surface area contributed by atoms with Gasteiger partial charge in [0, 0.05) is 46.1 Å². The molecule has 40 heavy (non-hydrogen) atoms. The Morgan fingerprint density at radius 1 is 0.850 bits per heavy atom. The second kappa shape index (κ2) is 12.9. The van der Waals surface area contributed by atoms with Crippen molar-refractivity contribution in [3.63, 3.8) is 0 Å². The summed E-state index contributed by atoms with van der Waals surface area (Å²) in [6.45, 7) is 10.7. The van der Waals surface area contributed by atoms with Gasteiger partial charge in [0.1, 0.15) is 0 Å². The van der Waals surface area contributed by atoms with Gasteiger partial charge < -0.3 is 4.57 Å². The number of hydrogen-bond donors (Lipinski definition) is 1. The fourth-order valence-electron chi connectivity index (χ4n) is 5.36. The molecule has 1 aliphatic rings. The van der Waals surface area contributed by atoms with E-state index in [0.29, 0.717) is 5.56 Å². The van der Waals surface area contributed by atoms with Crippen LogP contribution >= 0.6 is 11.9 Å². The summed E-state index contributed by atoms with van der Waals surface area (Å²) in [7, 11) is 1.96. The molecule has 1 saturated carbocycles. The van der Waals surface area contributed by atoms with Crippen molar-refractivity contribution in [2.24, 2.45) is 13.0 Å². The summed E-state index contributed by atoms with van der Waals surface area (Å²) >= 11 is 1.31. The zero-order chi connectivity index (χ0) is 28.9. The number of hydrogen-bond acceptors (Lipinski definition) is 3. The van der Waals surface area contributed by atoms with E-state index in [1.165, 1.54) is 29.5 Å². The van der Waals surface area contributed by atoms with Crippen LogP contribution in [0.5, 0.6) is 0 Å². The molecule has 0 saturated heterocycles. The minimum Gasteiger partial charge on any atom is -0.350 e. The molecule has 210 valence electrons. The monoisotopic (exact) mass is 554 g/mol. The molecule has 1 amide bonds. The lowest BCUT2D eigenvalue weighted by Crippen LogP contribution is -2.18. The Kier molecular flexibility index (Phi) is 9.57. The zero-order valence-corrected chi connectivity index (χ0v) is 25.5. The molecule has 0 radical (unpaired) electrons. The molecule has 5 rings (SSSR count). The van der Waals surface area contributed by atoms with Gasteiger partial charge in [-0.05, 0) is 77.2 Å². The van der Waals surface area contributed by atoms with Crippen molar-refractivity contribution in [1.29, 1.82) is 0 Å². The zero-order valence-electron chi connectivity index (χ0n) is 24.7. The molecule has 1 aliphatic carbocycles. The lowest BCUT2D eigenvalue weighted by molar-refractivity contribution is 0.0890. The Hall–Kier alpha value is -3.31. The highest BCUT2D eigenvalue weighted by atomic mass is 32.2. The van der Waals surface area contributed by atoms with E-state index < -0.39 is 0 Å². The SMILES string of the molecule is CC.Cn1cc(C(=O)C2CCCCC2)c2cc(C(=O)NSc3ccc(-c4ccc(C(C)(C)C)cc4)cc3)ccc21. The molecule has 0 atom stereocenters. The molecule has 1 fully saturated rings. The summed E-state index contributed by atoms with van der Waals surface area (Å²) in [5.74, 6) is 0.149. The van der Waals surface area contributed by atoms with Gasteiger partial charge >= 0.3 is 0 Å². The maximum atomic E-state index is 13.3. The van der Waals surface area contributed by atoms with Crippen molar-refractivity contribution in [1.82, 2.24) is 9.29 Å². The summed E-state index contributed by atoms with van der Waals surface area (Å²) < 4.78 is 4.95. The number of carbonyl (C=O) groups excluding carboxylic acids is 2. The quantitative estimate of drug-likeness (QED) is 0.191.